The van der Waals surface area contributed by atoms with Gasteiger partial charge in [0.2, 0.25) is 0 Å². The molecule has 0 aliphatic carbocycles. The highest BCUT2D eigenvalue weighted by Crippen LogP contribution is 1.87. The first kappa shape index (κ1) is 7.56. The second kappa shape index (κ2) is 4.71. The lowest BCUT2D eigenvalue weighted by Gasteiger charge is -1.85. The predicted molar refractivity (Wildman–Crippen MR) is 37.2 cm³/mol. The Morgan fingerprint density at radius 3 is 2.62 bits per heavy atom. The van der Waals surface area contributed by atoms with Gasteiger partial charge >= 0.3 is 0 Å². The van der Waals surface area contributed by atoms with E-state index < -0.39 is 0 Å². The van der Waals surface area contributed by atoms with Gasteiger partial charge in [-0.1, -0.05) is 13.8 Å². The van der Waals surface area contributed by atoms with Crippen molar-refractivity contribution in [3.63, 3.8) is 0 Å². The Bertz CT molecular complexity index is 90.3. The van der Waals surface area contributed by atoms with E-state index in [0.29, 0.717) is 5.92 Å². The van der Waals surface area contributed by atoms with Crippen molar-refractivity contribution in [3.8, 4) is 11.8 Å². The maximum absolute atomic E-state index is 3.74. The number of unbranched alkanes of at least 4 members (excludes halogenated alkanes) is 1. The third-order valence-corrected chi connectivity index (χ3v) is 0.723. The Labute approximate surface area is 52.3 Å². The van der Waals surface area contributed by atoms with Crippen molar-refractivity contribution in [1.29, 1.82) is 0 Å². The average molecular weight is 109 g/mol. The van der Waals surface area contributed by atoms with Crippen LogP contribution < -0.4 is 0 Å². The van der Waals surface area contributed by atoms with Crippen LogP contribution in [0, 0.1) is 24.7 Å². The molecule has 0 aliphatic heterocycles. The van der Waals surface area contributed by atoms with Crippen LogP contribution in [0.3, 0.4) is 0 Å². The van der Waals surface area contributed by atoms with Crippen LogP contribution in [-0.2, 0) is 0 Å². The fourth-order valence-corrected chi connectivity index (χ4v) is 0.371. The molecule has 0 aliphatic rings. The maximum Gasteiger partial charge on any atom is 0.0175 e. The van der Waals surface area contributed by atoms with Crippen molar-refractivity contribution in [1.82, 2.24) is 0 Å². The zero-order valence-electron chi connectivity index (χ0n) is 5.70. The van der Waals surface area contributed by atoms with E-state index in [1.165, 1.54) is 0 Å². The van der Waals surface area contributed by atoms with Gasteiger partial charge in [-0.05, 0) is 13.3 Å². The number of hydrogen-bond acceptors (Lipinski definition) is 0. The van der Waals surface area contributed by atoms with Crippen molar-refractivity contribution in [2.24, 2.45) is 5.92 Å². The second-order valence-electron chi connectivity index (χ2n) is 1.97. The van der Waals surface area contributed by atoms with Crippen LogP contribution in [0.5, 0.6) is 0 Å². The summed E-state index contributed by atoms with van der Waals surface area (Å²) in [7, 11) is 0. The van der Waals surface area contributed by atoms with E-state index in [-0.39, 0.29) is 0 Å². The van der Waals surface area contributed by atoms with E-state index in [1.807, 2.05) is 6.92 Å². The summed E-state index contributed by atoms with van der Waals surface area (Å²) in [5, 5.41) is 0. The van der Waals surface area contributed by atoms with Crippen LogP contribution in [-0.4, -0.2) is 0 Å². The second-order valence-corrected chi connectivity index (χ2v) is 1.97. The van der Waals surface area contributed by atoms with Gasteiger partial charge in [-0.25, -0.2) is 0 Å². The Hall–Kier alpha value is -0.440. The minimum absolute atomic E-state index is 0.293. The Kier molecular flexibility index (Phi) is 4.45. The van der Waals surface area contributed by atoms with Gasteiger partial charge in [0.1, 0.15) is 0 Å². The van der Waals surface area contributed by atoms with Gasteiger partial charge < -0.3 is 0 Å². The molecule has 8 heavy (non-hydrogen) atoms. The van der Waals surface area contributed by atoms with Crippen LogP contribution in [0.25, 0.3) is 0 Å². The maximum atomic E-state index is 3.74. The van der Waals surface area contributed by atoms with E-state index >= 15 is 0 Å². The normalized spacial score (nSPS) is 8.50. The fourth-order valence-electron chi connectivity index (χ4n) is 0.371. The van der Waals surface area contributed by atoms with Gasteiger partial charge in [0, 0.05) is 12.3 Å². The molecule has 0 N–H and O–H groups in total. The topological polar surface area (TPSA) is 0 Å². The third-order valence-electron chi connectivity index (χ3n) is 0.723. The molecule has 0 bridgehead atoms. The molecule has 0 spiro atoms. The quantitative estimate of drug-likeness (QED) is 0.453. The monoisotopic (exact) mass is 109 g/mol. The molecule has 0 heteroatoms. The van der Waals surface area contributed by atoms with Crippen molar-refractivity contribution in [2.45, 2.75) is 26.7 Å². The minimum atomic E-state index is 0.293. The summed E-state index contributed by atoms with van der Waals surface area (Å²) in [4.78, 5) is 0. The molecule has 0 saturated carbocycles. The first-order chi connectivity index (χ1) is 3.77. The van der Waals surface area contributed by atoms with Gasteiger partial charge in [-0.15, -0.1) is 11.8 Å². The number of hydrogen-bond donors (Lipinski definition) is 0. The Morgan fingerprint density at radius 1 is 1.62 bits per heavy atom. The lowest BCUT2D eigenvalue weighted by atomic mass is 10.2. The van der Waals surface area contributed by atoms with Crippen LogP contribution in [0.1, 0.15) is 26.7 Å². The molecular formula is C8H13. The molecule has 0 nitrogen and oxygen atoms in total. The summed E-state index contributed by atoms with van der Waals surface area (Å²) >= 11 is 0. The van der Waals surface area contributed by atoms with Gasteiger partial charge in [0.15, 0.2) is 0 Å². The van der Waals surface area contributed by atoms with E-state index in [9.17, 15) is 0 Å². The average Bonchev–Trinajstić information content (AvgIpc) is 1.66. The SMILES string of the molecule is [CH2]C(C)C#CCCC. The van der Waals surface area contributed by atoms with E-state index in [0.717, 1.165) is 12.8 Å². The van der Waals surface area contributed by atoms with Gasteiger partial charge in [0.05, 0.1) is 0 Å². The fraction of sp³-hybridized carbons (Fsp3) is 0.625. The molecule has 0 amide bonds. The molecule has 1 radical (unpaired) electrons. The van der Waals surface area contributed by atoms with Gasteiger partial charge in [-0.3, -0.25) is 0 Å². The summed E-state index contributed by atoms with van der Waals surface area (Å²) < 4.78 is 0. The van der Waals surface area contributed by atoms with Gasteiger partial charge in [-0.2, -0.15) is 0 Å². The van der Waals surface area contributed by atoms with Gasteiger partial charge in [0.25, 0.3) is 0 Å². The summed E-state index contributed by atoms with van der Waals surface area (Å²) in [6.45, 7) is 7.87. The molecule has 0 aromatic heterocycles. The van der Waals surface area contributed by atoms with Crippen LogP contribution in [0.2, 0.25) is 0 Å². The highest BCUT2D eigenvalue weighted by Gasteiger charge is 1.78. The van der Waals surface area contributed by atoms with E-state index in [4.69, 9.17) is 0 Å². The van der Waals surface area contributed by atoms with E-state index in [1.54, 1.807) is 0 Å². The van der Waals surface area contributed by atoms with Crippen LogP contribution in [0.15, 0.2) is 0 Å². The summed E-state index contributed by atoms with van der Waals surface area (Å²) in [5.41, 5.74) is 0. The molecule has 0 rings (SSSR count). The highest BCUT2D eigenvalue weighted by molar-refractivity contribution is 5.02. The highest BCUT2D eigenvalue weighted by atomic mass is 13.8. The predicted octanol–water partition coefficient (Wildman–Crippen LogP) is 2.26. The zero-order valence-corrected chi connectivity index (χ0v) is 5.70. The van der Waals surface area contributed by atoms with Crippen LogP contribution >= 0.6 is 0 Å². The van der Waals surface area contributed by atoms with Crippen molar-refractivity contribution >= 4 is 0 Å². The number of rotatable bonds is 1. The first-order valence-electron chi connectivity index (χ1n) is 3.08. The zero-order chi connectivity index (χ0) is 6.41. The van der Waals surface area contributed by atoms with Crippen molar-refractivity contribution in [3.05, 3.63) is 6.92 Å². The van der Waals surface area contributed by atoms with Crippen molar-refractivity contribution in [2.75, 3.05) is 0 Å². The molecule has 0 aromatic rings. The molecular weight excluding hydrogens is 96.1 g/mol. The molecule has 0 heterocycles. The molecule has 0 fully saturated rings. The lowest BCUT2D eigenvalue weighted by molar-refractivity contribution is 0.951. The lowest BCUT2D eigenvalue weighted by Crippen LogP contribution is -1.77. The van der Waals surface area contributed by atoms with Crippen LogP contribution in [0.4, 0.5) is 0 Å². The smallest absolute Gasteiger partial charge is 0.0175 e. The summed E-state index contributed by atoms with van der Waals surface area (Å²) in [5.74, 6) is 6.30. The molecule has 0 aromatic carbocycles. The third kappa shape index (κ3) is 5.56. The molecule has 0 saturated heterocycles. The standard InChI is InChI=1S/C8H13/c1-4-5-6-7-8(2)3/h8H,2,4-5H2,1,3H3. The molecule has 45 valence electrons. The first-order valence-corrected chi connectivity index (χ1v) is 3.08. The summed E-state index contributed by atoms with van der Waals surface area (Å²) in [6, 6.07) is 0. The minimum Gasteiger partial charge on any atom is -0.103 e. The Balaban J connectivity index is 3.20. The molecule has 1 unspecified atom stereocenters. The summed E-state index contributed by atoms with van der Waals surface area (Å²) in [6.07, 6.45) is 2.17. The van der Waals surface area contributed by atoms with Crippen molar-refractivity contribution < 1.29 is 0 Å². The largest absolute Gasteiger partial charge is 0.103 e. The molecule has 1 atom stereocenters. The van der Waals surface area contributed by atoms with E-state index in [2.05, 4.69) is 25.7 Å². The Morgan fingerprint density at radius 2 is 2.25 bits per heavy atom.